The van der Waals surface area contributed by atoms with E-state index in [0.29, 0.717) is 19.0 Å². The molecule has 0 aromatic carbocycles. The molecule has 2 saturated heterocycles. The molecule has 3 nitrogen and oxygen atoms in total. The van der Waals surface area contributed by atoms with Gasteiger partial charge in [0.1, 0.15) is 0 Å². The molecular formula is C13H20N2O. The minimum atomic E-state index is 0.269. The van der Waals surface area contributed by atoms with Crippen molar-refractivity contribution < 1.29 is 4.79 Å². The first-order chi connectivity index (χ1) is 7.86. The Morgan fingerprint density at radius 1 is 1.31 bits per heavy atom. The second-order valence-electron chi connectivity index (χ2n) is 4.62. The molecule has 2 rings (SSSR count). The van der Waals surface area contributed by atoms with E-state index in [9.17, 15) is 4.79 Å². The quantitative estimate of drug-likeness (QED) is 0.708. The maximum Gasteiger partial charge on any atom is 0.223 e. The van der Waals surface area contributed by atoms with E-state index in [4.69, 9.17) is 0 Å². The number of carbonyl (C=O) groups excluding carboxylic acids is 1. The molecule has 2 heterocycles. The summed E-state index contributed by atoms with van der Waals surface area (Å²) in [6, 6.07) is 0.579. The number of carbonyl (C=O) groups is 1. The summed E-state index contributed by atoms with van der Waals surface area (Å²) in [4.78, 5) is 13.2. The Labute approximate surface area is 97.6 Å². The third-order valence-corrected chi connectivity index (χ3v) is 3.33. The Balaban J connectivity index is 1.67. The number of hydrogen-bond donors (Lipinski definition) is 1. The van der Waals surface area contributed by atoms with Gasteiger partial charge < -0.3 is 10.2 Å². The van der Waals surface area contributed by atoms with Gasteiger partial charge in [0.05, 0.1) is 6.54 Å². The average molecular weight is 220 g/mol. The van der Waals surface area contributed by atoms with Gasteiger partial charge in [-0.1, -0.05) is 18.3 Å². The van der Waals surface area contributed by atoms with Gasteiger partial charge in [-0.3, -0.25) is 4.79 Å². The number of nitrogens with one attached hydrogen (secondary N) is 1. The summed E-state index contributed by atoms with van der Waals surface area (Å²) in [5.41, 5.74) is 0. The molecule has 0 bridgehead atoms. The molecule has 2 aliphatic heterocycles. The lowest BCUT2D eigenvalue weighted by atomic mass is 10.0. The Hall–Kier alpha value is -1.01. The first-order valence-corrected chi connectivity index (χ1v) is 6.33. The van der Waals surface area contributed by atoms with Gasteiger partial charge in [-0.2, -0.15) is 0 Å². The predicted molar refractivity (Wildman–Crippen MR) is 63.8 cm³/mol. The van der Waals surface area contributed by atoms with Crippen molar-refractivity contribution in [3.8, 4) is 11.8 Å². The lowest BCUT2D eigenvalue weighted by Crippen LogP contribution is -2.33. The van der Waals surface area contributed by atoms with Crippen molar-refractivity contribution in [1.82, 2.24) is 10.2 Å². The van der Waals surface area contributed by atoms with Gasteiger partial charge >= 0.3 is 0 Å². The number of nitrogens with zero attached hydrogens (tertiary/aromatic N) is 1. The molecule has 0 aromatic heterocycles. The molecule has 16 heavy (non-hydrogen) atoms. The van der Waals surface area contributed by atoms with Crippen LogP contribution in [0.5, 0.6) is 0 Å². The summed E-state index contributed by atoms with van der Waals surface area (Å²) in [5.74, 6) is 6.58. The Morgan fingerprint density at radius 2 is 2.25 bits per heavy atom. The minimum absolute atomic E-state index is 0.269. The smallest absolute Gasteiger partial charge is 0.223 e. The zero-order valence-electron chi connectivity index (χ0n) is 9.80. The first-order valence-electron chi connectivity index (χ1n) is 6.33. The molecule has 1 amide bonds. The van der Waals surface area contributed by atoms with Crippen LogP contribution in [0.25, 0.3) is 0 Å². The highest BCUT2D eigenvalue weighted by atomic mass is 16.2. The molecule has 0 saturated carbocycles. The van der Waals surface area contributed by atoms with Crippen LogP contribution in [0.15, 0.2) is 0 Å². The minimum Gasteiger partial charge on any atom is -0.332 e. The summed E-state index contributed by atoms with van der Waals surface area (Å²) in [7, 11) is 0. The van der Waals surface area contributed by atoms with E-state index in [-0.39, 0.29) is 5.91 Å². The van der Waals surface area contributed by atoms with Crippen LogP contribution in [0.4, 0.5) is 0 Å². The number of likely N-dealkylation sites (tertiary alicyclic amines) is 1. The zero-order chi connectivity index (χ0) is 11.2. The third kappa shape index (κ3) is 3.24. The van der Waals surface area contributed by atoms with Gasteiger partial charge in [-0.15, -0.1) is 0 Å². The molecule has 88 valence electrons. The third-order valence-electron chi connectivity index (χ3n) is 3.33. The molecule has 0 unspecified atom stereocenters. The van der Waals surface area contributed by atoms with Crippen molar-refractivity contribution in [3.05, 3.63) is 0 Å². The van der Waals surface area contributed by atoms with Crippen LogP contribution in [0.2, 0.25) is 0 Å². The molecule has 1 N–H and O–H groups in total. The fourth-order valence-electron chi connectivity index (χ4n) is 2.32. The average Bonchev–Trinajstić information content (AvgIpc) is 2.72. The van der Waals surface area contributed by atoms with E-state index in [1.165, 1.54) is 19.3 Å². The summed E-state index contributed by atoms with van der Waals surface area (Å²) >= 11 is 0. The zero-order valence-corrected chi connectivity index (χ0v) is 9.80. The van der Waals surface area contributed by atoms with Crippen LogP contribution in [0.3, 0.4) is 0 Å². The number of hydrogen-bond acceptors (Lipinski definition) is 2. The van der Waals surface area contributed by atoms with Crippen LogP contribution in [-0.2, 0) is 4.79 Å². The van der Waals surface area contributed by atoms with Gasteiger partial charge in [-0.05, 0) is 25.8 Å². The lowest BCUT2D eigenvalue weighted by Gasteiger charge is -2.21. The van der Waals surface area contributed by atoms with Crippen LogP contribution in [-0.4, -0.2) is 36.5 Å². The Morgan fingerprint density at radius 3 is 2.94 bits per heavy atom. The summed E-state index contributed by atoms with van der Waals surface area (Å²) < 4.78 is 0. The normalized spacial score (nSPS) is 25.4. The van der Waals surface area contributed by atoms with Crippen LogP contribution < -0.4 is 5.32 Å². The second-order valence-corrected chi connectivity index (χ2v) is 4.62. The Kier molecular flexibility index (Phi) is 4.24. The van der Waals surface area contributed by atoms with Crippen molar-refractivity contribution in [3.63, 3.8) is 0 Å². The topological polar surface area (TPSA) is 32.3 Å². The monoisotopic (exact) mass is 220 g/mol. The number of rotatable bonds is 2. The number of amides is 1. The van der Waals surface area contributed by atoms with E-state index in [1.807, 2.05) is 4.90 Å². The highest BCUT2D eigenvalue weighted by Crippen LogP contribution is 2.10. The van der Waals surface area contributed by atoms with Crippen molar-refractivity contribution in [2.75, 3.05) is 19.6 Å². The van der Waals surface area contributed by atoms with Crippen molar-refractivity contribution in [2.45, 2.75) is 44.6 Å². The van der Waals surface area contributed by atoms with E-state index in [0.717, 1.165) is 25.9 Å². The van der Waals surface area contributed by atoms with Gasteiger partial charge in [0, 0.05) is 25.4 Å². The molecule has 0 aliphatic carbocycles. The van der Waals surface area contributed by atoms with Crippen LogP contribution >= 0.6 is 0 Å². The van der Waals surface area contributed by atoms with Gasteiger partial charge in [0.15, 0.2) is 0 Å². The second kappa shape index (κ2) is 5.91. The van der Waals surface area contributed by atoms with Gasteiger partial charge in [0.2, 0.25) is 5.91 Å². The fraction of sp³-hybridized carbons (Fsp3) is 0.769. The van der Waals surface area contributed by atoms with Gasteiger partial charge in [0.25, 0.3) is 0 Å². The maximum absolute atomic E-state index is 11.3. The van der Waals surface area contributed by atoms with Crippen LogP contribution in [0.1, 0.15) is 38.5 Å². The van der Waals surface area contributed by atoms with Crippen molar-refractivity contribution in [2.24, 2.45) is 0 Å². The number of piperidine rings is 1. The Bertz CT molecular complexity index is 297. The molecular weight excluding hydrogens is 200 g/mol. The molecule has 2 aliphatic rings. The predicted octanol–water partition coefficient (Wildman–Crippen LogP) is 1.14. The summed E-state index contributed by atoms with van der Waals surface area (Å²) in [6.45, 7) is 2.66. The highest BCUT2D eigenvalue weighted by Gasteiger charge is 2.18. The first kappa shape index (κ1) is 11.5. The molecule has 1 atom stereocenters. The van der Waals surface area contributed by atoms with E-state index in [2.05, 4.69) is 17.2 Å². The molecule has 2 fully saturated rings. The molecule has 0 aromatic rings. The lowest BCUT2D eigenvalue weighted by molar-refractivity contribution is -0.127. The highest BCUT2D eigenvalue weighted by molar-refractivity contribution is 5.78. The standard InChI is InChI=1S/C13H20N2O/c16-13-8-5-11-15(13)10-4-2-7-12-6-1-3-9-14-12/h12,14H,1,3,5-11H2/t12-/m0/s1. The SMILES string of the molecule is O=C1CCCN1CC#CC[C@@H]1CCCCN1. The van der Waals surface area contributed by atoms with Gasteiger partial charge in [-0.25, -0.2) is 0 Å². The van der Waals surface area contributed by atoms with Crippen molar-refractivity contribution >= 4 is 5.91 Å². The maximum atomic E-state index is 11.3. The molecule has 0 spiro atoms. The summed E-state index contributed by atoms with van der Waals surface area (Å²) in [5, 5.41) is 3.47. The van der Waals surface area contributed by atoms with E-state index in [1.54, 1.807) is 0 Å². The van der Waals surface area contributed by atoms with Crippen molar-refractivity contribution in [1.29, 1.82) is 0 Å². The van der Waals surface area contributed by atoms with E-state index >= 15 is 0 Å². The summed E-state index contributed by atoms with van der Waals surface area (Å²) in [6.07, 6.45) is 6.52. The van der Waals surface area contributed by atoms with Crippen LogP contribution in [0, 0.1) is 11.8 Å². The molecule has 3 heteroatoms. The largest absolute Gasteiger partial charge is 0.332 e. The fourth-order valence-corrected chi connectivity index (χ4v) is 2.32. The molecule has 0 radical (unpaired) electrons. The van der Waals surface area contributed by atoms with E-state index < -0.39 is 0 Å².